The first-order valence-corrected chi connectivity index (χ1v) is 4.50. The zero-order chi connectivity index (χ0) is 8.10. The van der Waals surface area contributed by atoms with E-state index in [4.69, 9.17) is 0 Å². The van der Waals surface area contributed by atoms with E-state index in [-0.39, 0.29) is 5.91 Å². The lowest BCUT2D eigenvalue weighted by molar-refractivity contribution is -0.120. The van der Waals surface area contributed by atoms with Crippen LogP contribution >= 0.6 is 11.3 Å². The molecule has 1 N–H and O–H groups in total. The molecular weight excluding hydrogens is 158 g/mol. The molecule has 1 amide bonds. The number of carbonyl (C=O) groups excluding carboxylic acids is 1. The summed E-state index contributed by atoms with van der Waals surface area (Å²) in [7, 11) is 0. The number of nitrogens with one attached hydrogen (secondary N) is 1. The first-order valence-electron chi connectivity index (χ1n) is 3.62. The number of carbonyl (C=O) groups is 1. The van der Waals surface area contributed by atoms with Crippen LogP contribution in [0.2, 0.25) is 0 Å². The van der Waals surface area contributed by atoms with Gasteiger partial charge in [-0.2, -0.15) is 0 Å². The first-order chi connectivity index (χ1) is 5.33. The van der Waals surface area contributed by atoms with Crippen molar-refractivity contribution in [2.24, 2.45) is 0 Å². The average Bonchev–Trinajstić information content (AvgIpc) is 2.40. The van der Waals surface area contributed by atoms with Crippen LogP contribution in [-0.2, 0) is 11.2 Å². The van der Waals surface area contributed by atoms with Gasteiger partial charge in [0.2, 0.25) is 5.91 Å². The third kappa shape index (κ3) is 2.72. The largest absolute Gasteiger partial charge is 0.356 e. The summed E-state index contributed by atoms with van der Waals surface area (Å²) in [6, 6.07) is 3.93. The van der Waals surface area contributed by atoms with Crippen LogP contribution in [0.1, 0.15) is 11.8 Å². The van der Waals surface area contributed by atoms with E-state index in [1.807, 2.05) is 24.4 Å². The molecule has 0 spiro atoms. The highest BCUT2D eigenvalue weighted by Crippen LogP contribution is 2.08. The van der Waals surface area contributed by atoms with Gasteiger partial charge >= 0.3 is 0 Å². The Balaban J connectivity index is 2.37. The lowest BCUT2D eigenvalue weighted by Crippen LogP contribution is -2.23. The molecule has 3 heteroatoms. The van der Waals surface area contributed by atoms with Crippen LogP contribution in [0.3, 0.4) is 0 Å². The van der Waals surface area contributed by atoms with Gasteiger partial charge in [-0.05, 0) is 18.4 Å². The second kappa shape index (κ2) is 4.13. The number of hydrogen-bond acceptors (Lipinski definition) is 2. The van der Waals surface area contributed by atoms with Crippen LogP contribution in [0.25, 0.3) is 0 Å². The van der Waals surface area contributed by atoms with Crippen molar-refractivity contribution in [1.82, 2.24) is 5.32 Å². The summed E-state index contributed by atoms with van der Waals surface area (Å²) in [6.07, 6.45) is 0.519. The molecule has 1 heterocycles. The number of thiophene rings is 1. The maximum absolute atomic E-state index is 11.0. The molecular formula is C8H11NOS. The number of rotatable bonds is 3. The number of likely N-dealkylation sites (N-methyl/N-ethyl adjacent to an activating group) is 1. The second-order valence-electron chi connectivity index (χ2n) is 2.21. The van der Waals surface area contributed by atoms with Gasteiger partial charge < -0.3 is 5.32 Å². The SMILES string of the molecule is CCNC(=O)Cc1cccs1. The van der Waals surface area contributed by atoms with Crippen LogP contribution in [0.15, 0.2) is 17.5 Å². The summed E-state index contributed by atoms with van der Waals surface area (Å²) in [4.78, 5) is 12.1. The molecule has 0 radical (unpaired) electrons. The van der Waals surface area contributed by atoms with E-state index in [0.29, 0.717) is 13.0 Å². The van der Waals surface area contributed by atoms with Crippen molar-refractivity contribution in [3.05, 3.63) is 22.4 Å². The smallest absolute Gasteiger partial charge is 0.225 e. The predicted molar refractivity (Wildman–Crippen MR) is 46.7 cm³/mol. The Bertz CT molecular complexity index is 218. The maximum Gasteiger partial charge on any atom is 0.225 e. The fraction of sp³-hybridized carbons (Fsp3) is 0.375. The van der Waals surface area contributed by atoms with Gasteiger partial charge in [-0.25, -0.2) is 0 Å². The first kappa shape index (κ1) is 8.27. The third-order valence-electron chi connectivity index (χ3n) is 1.29. The molecule has 0 aliphatic carbocycles. The quantitative estimate of drug-likeness (QED) is 0.728. The zero-order valence-electron chi connectivity index (χ0n) is 6.46. The molecule has 1 rings (SSSR count). The topological polar surface area (TPSA) is 29.1 Å². The van der Waals surface area contributed by atoms with E-state index in [9.17, 15) is 4.79 Å². The summed E-state index contributed by atoms with van der Waals surface area (Å²) < 4.78 is 0. The number of hydrogen-bond donors (Lipinski definition) is 1. The second-order valence-corrected chi connectivity index (χ2v) is 3.24. The lowest BCUT2D eigenvalue weighted by Gasteiger charge is -1.97. The van der Waals surface area contributed by atoms with Crippen molar-refractivity contribution >= 4 is 17.2 Å². The van der Waals surface area contributed by atoms with Gasteiger partial charge in [0.25, 0.3) is 0 Å². The van der Waals surface area contributed by atoms with E-state index in [0.717, 1.165) is 4.88 Å². The van der Waals surface area contributed by atoms with Gasteiger partial charge in [0.05, 0.1) is 6.42 Å². The average molecular weight is 169 g/mol. The van der Waals surface area contributed by atoms with Crippen LogP contribution in [0.4, 0.5) is 0 Å². The molecule has 0 unspecified atom stereocenters. The molecule has 11 heavy (non-hydrogen) atoms. The van der Waals surface area contributed by atoms with Crippen molar-refractivity contribution in [1.29, 1.82) is 0 Å². The van der Waals surface area contributed by atoms with Crippen LogP contribution < -0.4 is 5.32 Å². The molecule has 60 valence electrons. The molecule has 0 saturated carbocycles. The van der Waals surface area contributed by atoms with Gasteiger partial charge in [-0.15, -0.1) is 11.3 Å². The summed E-state index contributed by atoms with van der Waals surface area (Å²) >= 11 is 1.62. The fourth-order valence-corrected chi connectivity index (χ4v) is 1.53. The molecule has 0 saturated heterocycles. The highest BCUT2D eigenvalue weighted by molar-refractivity contribution is 7.10. The van der Waals surface area contributed by atoms with Gasteiger partial charge in [-0.3, -0.25) is 4.79 Å². The van der Waals surface area contributed by atoms with Gasteiger partial charge in [0.1, 0.15) is 0 Å². The molecule has 2 nitrogen and oxygen atoms in total. The molecule has 0 fully saturated rings. The molecule has 0 atom stereocenters. The van der Waals surface area contributed by atoms with E-state index in [1.165, 1.54) is 0 Å². The van der Waals surface area contributed by atoms with Crippen molar-refractivity contribution in [2.45, 2.75) is 13.3 Å². The summed E-state index contributed by atoms with van der Waals surface area (Å²) in [5.74, 6) is 0.106. The monoisotopic (exact) mass is 169 g/mol. The minimum absolute atomic E-state index is 0.106. The predicted octanol–water partition coefficient (Wildman–Crippen LogP) is 1.43. The Labute approximate surface area is 70.2 Å². The minimum Gasteiger partial charge on any atom is -0.356 e. The van der Waals surface area contributed by atoms with E-state index in [1.54, 1.807) is 11.3 Å². The van der Waals surface area contributed by atoms with Crippen molar-refractivity contribution in [3.63, 3.8) is 0 Å². The molecule has 0 aliphatic rings. The van der Waals surface area contributed by atoms with Crippen molar-refractivity contribution < 1.29 is 4.79 Å². The molecule has 0 aromatic carbocycles. The Morgan fingerprint density at radius 2 is 2.55 bits per heavy atom. The summed E-state index contributed by atoms with van der Waals surface area (Å²) in [6.45, 7) is 2.64. The Kier molecular flexibility index (Phi) is 3.11. The van der Waals surface area contributed by atoms with Crippen LogP contribution in [0, 0.1) is 0 Å². The molecule has 0 aliphatic heterocycles. The normalized spacial score (nSPS) is 9.55. The van der Waals surface area contributed by atoms with E-state index in [2.05, 4.69) is 5.32 Å². The van der Waals surface area contributed by atoms with Crippen LogP contribution in [-0.4, -0.2) is 12.5 Å². The highest BCUT2D eigenvalue weighted by atomic mass is 32.1. The van der Waals surface area contributed by atoms with Gasteiger partial charge in [-0.1, -0.05) is 6.07 Å². The van der Waals surface area contributed by atoms with Gasteiger partial charge in [0, 0.05) is 11.4 Å². The highest BCUT2D eigenvalue weighted by Gasteiger charge is 2.00. The van der Waals surface area contributed by atoms with Gasteiger partial charge in [0.15, 0.2) is 0 Å². The fourth-order valence-electron chi connectivity index (χ4n) is 0.831. The van der Waals surface area contributed by atoms with Crippen molar-refractivity contribution in [3.8, 4) is 0 Å². The zero-order valence-corrected chi connectivity index (χ0v) is 7.28. The van der Waals surface area contributed by atoms with Crippen LogP contribution in [0.5, 0.6) is 0 Å². The van der Waals surface area contributed by atoms with Crippen molar-refractivity contribution in [2.75, 3.05) is 6.54 Å². The molecule has 0 bridgehead atoms. The molecule has 1 aromatic rings. The van der Waals surface area contributed by atoms with E-state index >= 15 is 0 Å². The maximum atomic E-state index is 11.0. The Hall–Kier alpha value is -0.830. The third-order valence-corrected chi connectivity index (χ3v) is 2.17. The minimum atomic E-state index is 0.106. The Morgan fingerprint density at radius 3 is 3.09 bits per heavy atom. The number of amides is 1. The summed E-state index contributed by atoms with van der Waals surface area (Å²) in [5.41, 5.74) is 0. The molecule has 1 aromatic heterocycles. The lowest BCUT2D eigenvalue weighted by atomic mass is 10.3. The Morgan fingerprint density at radius 1 is 1.73 bits per heavy atom. The van der Waals surface area contributed by atoms with E-state index < -0.39 is 0 Å². The standard InChI is InChI=1S/C8H11NOS/c1-2-9-8(10)6-7-4-3-5-11-7/h3-5H,2,6H2,1H3,(H,9,10). The summed E-state index contributed by atoms with van der Waals surface area (Å²) in [5, 5.41) is 4.73.